The molecule has 1 heterocycles. The molecule has 0 saturated heterocycles. The Balaban J connectivity index is 2.54. The summed E-state index contributed by atoms with van der Waals surface area (Å²) in [5.41, 5.74) is 0.852. The summed E-state index contributed by atoms with van der Waals surface area (Å²) in [5, 5.41) is 11.9. The summed E-state index contributed by atoms with van der Waals surface area (Å²) in [6.45, 7) is 0. The fourth-order valence-corrected chi connectivity index (χ4v) is 2.18. The van der Waals surface area contributed by atoms with Gasteiger partial charge in [0.1, 0.15) is 0 Å². The third-order valence-electron chi connectivity index (χ3n) is 2.12. The van der Waals surface area contributed by atoms with Crippen molar-refractivity contribution in [3.8, 4) is 11.1 Å². The Labute approximate surface area is 93.8 Å². The van der Waals surface area contributed by atoms with Gasteiger partial charge >= 0.3 is 5.97 Å². The van der Waals surface area contributed by atoms with Crippen LogP contribution in [0.15, 0.2) is 29.0 Å². The van der Waals surface area contributed by atoms with Gasteiger partial charge in [-0.1, -0.05) is 6.07 Å². The fourth-order valence-electron chi connectivity index (χ4n) is 1.35. The van der Waals surface area contributed by atoms with Crippen LogP contribution in [0.3, 0.4) is 0 Å². The van der Waals surface area contributed by atoms with Crippen molar-refractivity contribution in [2.75, 3.05) is 0 Å². The highest BCUT2D eigenvalue weighted by molar-refractivity contribution is 7.08. The first-order valence-electron chi connectivity index (χ1n) is 4.34. The van der Waals surface area contributed by atoms with Gasteiger partial charge in [0.25, 0.3) is 0 Å². The molecule has 1 aromatic carbocycles. The molecule has 0 radical (unpaired) electrons. The van der Waals surface area contributed by atoms with Crippen molar-refractivity contribution in [1.82, 2.24) is 0 Å². The number of aromatic carboxylic acids is 1. The van der Waals surface area contributed by atoms with Crippen LogP contribution in [0.25, 0.3) is 11.1 Å². The van der Waals surface area contributed by atoms with Crippen molar-refractivity contribution in [3.63, 3.8) is 0 Å². The third-order valence-corrected chi connectivity index (χ3v) is 2.87. The quantitative estimate of drug-likeness (QED) is 0.873. The van der Waals surface area contributed by atoms with Crippen LogP contribution < -0.4 is 0 Å². The summed E-state index contributed by atoms with van der Waals surface area (Å²) in [6, 6.07) is 3.32. The number of hydrogen-bond donors (Lipinski definition) is 1. The first-order chi connectivity index (χ1) is 7.59. The summed E-state index contributed by atoms with van der Waals surface area (Å²) >= 11 is 1.20. The Hall–Kier alpha value is -1.75. The van der Waals surface area contributed by atoms with E-state index in [9.17, 15) is 13.6 Å². The number of carbonyl (C=O) groups is 1. The van der Waals surface area contributed by atoms with Crippen LogP contribution in [0, 0.1) is 11.6 Å². The largest absolute Gasteiger partial charge is 0.478 e. The second-order valence-electron chi connectivity index (χ2n) is 3.13. The Kier molecular flexibility index (Phi) is 2.70. The Bertz CT molecular complexity index is 549. The number of benzene rings is 1. The molecule has 0 unspecified atom stereocenters. The molecule has 1 aromatic heterocycles. The molecule has 0 amide bonds. The van der Waals surface area contributed by atoms with E-state index in [1.807, 2.05) is 0 Å². The zero-order valence-electron chi connectivity index (χ0n) is 7.91. The van der Waals surface area contributed by atoms with E-state index in [0.717, 1.165) is 12.1 Å². The molecule has 0 atom stereocenters. The van der Waals surface area contributed by atoms with Gasteiger partial charge in [0, 0.05) is 10.9 Å². The molecule has 82 valence electrons. The van der Waals surface area contributed by atoms with E-state index < -0.39 is 17.6 Å². The number of thiophene rings is 1. The van der Waals surface area contributed by atoms with Crippen LogP contribution >= 0.6 is 11.3 Å². The number of carboxylic acid groups (broad SMARTS) is 1. The van der Waals surface area contributed by atoms with Crippen molar-refractivity contribution in [2.45, 2.75) is 0 Å². The zero-order valence-corrected chi connectivity index (χ0v) is 8.72. The minimum absolute atomic E-state index is 0.0935. The Morgan fingerprint density at radius 1 is 1.19 bits per heavy atom. The molecule has 0 fully saturated rings. The Morgan fingerprint density at radius 2 is 1.94 bits per heavy atom. The van der Waals surface area contributed by atoms with Crippen LogP contribution in [0.1, 0.15) is 10.4 Å². The number of halogens is 2. The highest BCUT2D eigenvalue weighted by atomic mass is 32.1. The molecule has 0 bridgehead atoms. The maximum absolute atomic E-state index is 13.0. The van der Waals surface area contributed by atoms with Crippen LogP contribution in [-0.4, -0.2) is 11.1 Å². The Morgan fingerprint density at radius 3 is 2.56 bits per heavy atom. The van der Waals surface area contributed by atoms with Gasteiger partial charge in [-0.25, -0.2) is 13.6 Å². The monoisotopic (exact) mass is 240 g/mol. The van der Waals surface area contributed by atoms with Crippen LogP contribution in [-0.2, 0) is 0 Å². The van der Waals surface area contributed by atoms with Crippen molar-refractivity contribution in [1.29, 1.82) is 0 Å². The number of carboxylic acids is 1. The van der Waals surface area contributed by atoms with E-state index in [1.165, 1.54) is 22.8 Å². The summed E-state index contributed by atoms with van der Waals surface area (Å²) in [4.78, 5) is 10.8. The number of hydrogen-bond acceptors (Lipinski definition) is 2. The topological polar surface area (TPSA) is 37.3 Å². The molecule has 0 aliphatic carbocycles. The van der Waals surface area contributed by atoms with Gasteiger partial charge in [0.05, 0.1) is 5.56 Å². The van der Waals surface area contributed by atoms with Crippen molar-refractivity contribution in [2.24, 2.45) is 0 Å². The maximum Gasteiger partial charge on any atom is 0.337 e. The van der Waals surface area contributed by atoms with E-state index in [-0.39, 0.29) is 5.56 Å². The van der Waals surface area contributed by atoms with Gasteiger partial charge in [-0.3, -0.25) is 0 Å². The van der Waals surface area contributed by atoms with Crippen molar-refractivity contribution >= 4 is 17.3 Å². The molecule has 16 heavy (non-hydrogen) atoms. The van der Waals surface area contributed by atoms with Crippen molar-refractivity contribution in [3.05, 3.63) is 46.2 Å². The van der Waals surface area contributed by atoms with E-state index in [4.69, 9.17) is 5.11 Å². The molecule has 1 N–H and O–H groups in total. The summed E-state index contributed by atoms with van der Waals surface area (Å²) in [7, 11) is 0. The lowest BCUT2D eigenvalue weighted by molar-refractivity contribution is 0.0698. The minimum Gasteiger partial charge on any atom is -0.478 e. The molecule has 5 heteroatoms. The molecule has 0 spiro atoms. The molecule has 2 nitrogen and oxygen atoms in total. The van der Waals surface area contributed by atoms with Gasteiger partial charge in [-0.05, 0) is 23.1 Å². The maximum atomic E-state index is 13.0. The zero-order chi connectivity index (χ0) is 11.7. The molecule has 0 aliphatic rings. The van der Waals surface area contributed by atoms with Crippen molar-refractivity contribution < 1.29 is 18.7 Å². The highest BCUT2D eigenvalue weighted by Crippen LogP contribution is 2.28. The first kappa shape index (κ1) is 10.8. The lowest BCUT2D eigenvalue weighted by Crippen LogP contribution is -1.96. The average Bonchev–Trinajstić information content (AvgIpc) is 2.71. The molecular formula is C11H6F2O2S. The highest BCUT2D eigenvalue weighted by Gasteiger charge is 2.14. The van der Waals surface area contributed by atoms with Gasteiger partial charge in [0.15, 0.2) is 11.6 Å². The van der Waals surface area contributed by atoms with Gasteiger partial charge in [-0.2, -0.15) is 11.3 Å². The van der Waals surface area contributed by atoms with Crippen LogP contribution in [0.2, 0.25) is 0 Å². The molecule has 2 rings (SSSR count). The van der Waals surface area contributed by atoms with Gasteiger partial charge in [0.2, 0.25) is 0 Å². The third kappa shape index (κ3) is 1.81. The predicted molar refractivity (Wildman–Crippen MR) is 56.6 cm³/mol. The standard InChI is InChI=1S/C11H6F2O2S/c12-9-2-1-6(3-10(9)13)7-4-16-5-8(7)11(14)15/h1-5H,(H,14,15). The second kappa shape index (κ2) is 4.02. The molecule has 0 aliphatic heterocycles. The second-order valence-corrected chi connectivity index (χ2v) is 3.88. The van der Waals surface area contributed by atoms with E-state index in [0.29, 0.717) is 11.1 Å². The fraction of sp³-hybridized carbons (Fsp3) is 0. The van der Waals surface area contributed by atoms with Gasteiger partial charge in [-0.15, -0.1) is 0 Å². The van der Waals surface area contributed by atoms with Crippen LogP contribution in [0.5, 0.6) is 0 Å². The first-order valence-corrected chi connectivity index (χ1v) is 5.29. The smallest absolute Gasteiger partial charge is 0.337 e. The lowest BCUT2D eigenvalue weighted by atomic mass is 10.0. The average molecular weight is 240 g/mol. The van der Waals surface area contributed by atoms with E-state index in [2.05, 4.69) is 0 Å². The normalized spacial score (nSPS) is 10.4. The SMILES string of the molecule is O=C(O)c1cscc1-c1ccc(F)c(F)c1. The molecule has 2 aromatic rings. The number of rotatable bonds is 2. The van der Waals surface area contributed by atoms with E-state index >= 15 is 0 Å². The summed E-state index contributed by atoms with van der Waals surface area (Å²) < 4.78 is 25.7. The lowest BCUT2D eigenvalue weighted by Gasteiger charge is -2.01. The summed E-state index contributed by atoms with van der Waals surface area (Å²) in [5.74, 6) is -3.02. The van der Waals surface area contributed by atoms with Gasteiger partial charge < -0.3 is 5.11 Å². The molecule has 0 saturated carbocycles. The van der Waals surface area contributed by atoms with E-state index in [1.54, 1.807) is 5.38 Å². The van der Waals surface area contributed by atoms with Crippen LogP contribution in [0.4, 0.5) is 8.78 Å². The molecular weight excluding hydrogens is 234 g/mol. The minimum atomic E-state index is -1.08. The summed E-state index contributed by atoms with van der Waals surface area (Å²) in [6.07, 6.45) is 0. The predicted octanol–water partition coefficient (Wildman–Crippen LogP) is 3.39.